The molecule has 0 aliphatic carbocycles. The van der Waals surface area contributed by atoms with Gasteiger partial charge >= 0.3 is 5.97 Å². The third-order valence-electron chi connectivity index (χ3n) is 2.91. The fraction of sp³-hybridized carbons (Fsp3) is 0.333. The lowest BCUT2D eigenvalue weighted by Gasteiger charge is -2.16. The highest BCUT2D eigenvalue weighted by Crippen LogP contribution is 2.18. The molecule has 0 aliphatic rings. The van der Waals surface area contributed by atoms with Gasteiger partial charge in [-0.2, -0.15) is 0 Å². The first kappa shape index (κ1) is 16.4. The number of carbonyl (C=O) groups excluding carboxylic acids is 1. The number of Topliss-reactive ketones (excluding diaryl/α,β-unsaturated/α-hetero) is 1. The summed E-state index contributed by atoms with van der Waals surface area (Å²) in [6, 6.07) is 4.51. The molecule has 0 radical (unpaired) electrons. The molecule has 20 heavy (non-hydrogen) atoms. The number of hydrogen-bond donors (Lipinski definition) is 2. The summed E-state index contributed by atoms with van der Waals surface area (Å²) in [5, 5.41) is 12.3. The van der Waals surface area contributed by atoms with Gasteiger partial charge in [-0.1, -0.05) is 17.7 Å². The van der Waals surface area contributed by atoms with Gasteiger partial charge in [0, 0.05) is 23.6 Å². The van der Waals surface area contributed by atoms with Gasteiger partial charge in [0.25, 0.3) is 0 Å². The zero-order valence-corrected chi connectivity index (χ0v) is 12.1. The average molecular weight is 296 g/mol. The zero-order valence-electron chi connectivity index (χ0n) is 11.4. The maximum Gasteiger partial charge on any atom is 0.303 e. The minimum absolute atomic E-state index is 0.0624. The standard InChI is InChI=1S/C15H18ClNO3/c1-3-8-17-13(6-7-14(18)19)15(20)11-4-5-12(16)10(2)9-11/h3-5,9,13,17H,1,6-8H2,2H3,(H,18,19). The SMILES string of the molecule is C=CCNC(CCC(=O)O)C(=O)c1ccc(Cl)c(C)c1. The Bertz CT molecular complexity index is 514. The molecule has 1 unspecified atom stereocenters. The fourth-order valence-corrected chi connectivity index (χ4v) is 1.94. The zero-order chi connectivity index (χ0) is 15.1. The lowest BCUT2D eigenvalue weighted by molar-refractivity contribution is -0.137. The Morgan fingerprint density at radius 1 is 1.50 bits per heavy atom. The number of carbonyl (C=O) groups is 2. The molecule has 1 aromatic carbocycles. The molecule has 0 heterocycles. The van der Waals surface area contributed by atoms with E-state index in [1.54, 1.807) is 24.3 Å². The number of aryl methyl sites for hydroxylation is 1. The summed E-state index contributed by atoms with van der Waals surface area (Å²) in [4.78, 5) is 23.1. The van der Waals surface area contributed by atoms with Crippen molar-refractivity contribution in [3.05, 3.63) is 47.0 Å². The van der Waals surface area contributed by atoms with Crippen LogP contribution in [-0.2, 0) is 4.79 Å². The number of ketones is 1. The first-order valence-corrected chi connectivity index (χ1v) is 6.70. The molecule has 108 valence electrons. The molecule has 1 aromatic rings. The van der Waals surface area contributed by atoms with Gasteiger partial charge in [0.1, 0.15) is 0 Å². The van der Waals surface area contributed by atoms with Crippen LogP contribution in [0.25, 0.3) is 0 Å². The molecule has 5 heteroatoms. The Kier molecular flexibility index (Phi) is 6.42. The fourth-order valence-electron chi connectivity index (χ4n) is 1.82. The number of carboxylic acids is 1. The second-order valence-corrected chi connectivity index (χ2v) is 4.92. The summed E-state index contributed by atoms with van der Waals surface area (Å²) in [5.41, 5.74) is 1.34. The van der Waals surface area contributed by atoms with Crippen LogP contribution in [0, 0.1) is 6.92 Å². The van der Waals surface area contributed by atoms with E-state index in [1.165, 1.54) is 0 Å². The molecule has 0 amide bonds. The molecule has 0 saturated carbocycles. The van der Waals surface area contributed by atoms with Crippen molar-refractivity contribution in [2.24, 2.45) is 0 Å². The first-order chi connectivity index (χ1) is 9.45. The van der Waals surface area contributed by atoms with E-state index in [4.69, 9.17) is 16.7 Å². The third-order valence-corrected chi connectivity index (χ3v) is 3.34. The molecule has 0 saturated heterocycles. The van der Waals surface area contributed by atoms with Crippen molar-refractivity contribution in [1.29, 1.82) is 0 Å². The summed E-state index contributed by atoms with van der Waals surface area (Å²) in [6.45, 7) is 5.85. The van der Waals surface area contributed by atoms with Gasteiger partial charge in [-0.25, -0.2) is 0 Å². The normalized spacial score (nSPS) is 11.9. The number of aliphatic carboxylic acids is 1. The van der Waals surface area contributed by atoms with E-state index in [0.29, 0.717) is 17.1 Å². The van der Waals surface area contributed by atoms with Gasteiger partial charge in [-0.05, 0) is 37.1 Å². The summed E-state index contributed by atoms with van der Waals surface area (Å²) >= 11 is 5.93. The highest BCUT2D eigenvalue weighted by molar-refractivity contribution is 6.31. The van der Waals surface area contributed by atoms with Crippen molar-refractivity contribution in [3.8, 4) is 0 Å². The highest BCUT2D eigenvalue weighted by Gasteiger charge is 2.20. The van der Waals surface area contributed by atoms with Crippen LogP contribution in [0.1, 0.15) is 28.8 Å². The number of rotatable bonds is 8. The molecular weight excluding hydrogens is 278 g/mol. The van der Waals surface area contributed by atoms with Crippen LogP contribution in [0.5, 0.6) is 0 Å². The average Bonchev–Trinajstić information content (AvgIpc) is 2.41. The molecular formula is C15H18ClNO3. The van der Waals surface area contributed by atoms with E-state index < -0.39 is 12.0 Å². The predicted molar refractivity (Wildman–Crippen MR) is 79.4 cm³/mol. The van der Waals surface area contributed by atoms with Gasteiger partial charge in [-0.15, -0.1) is 6.58 Å². The van der Waals surface area contributed by atoms with Crippen LogP contribution < -0.4 is 5.32 Å². The Hall–Kier alpha value is -1.65. The molecule has 2 N–H and O–H groups in total. The van der Waals surface area contributed by atoms with Gasteiger partial charge < -0.3 is 10.4 Å². The monoisotopic (exact) mass is 295 g/mol. The van der Waals surface area contributed by atoms with Gasteiger partial charge in [-0.3, -0.25) is 9.59 Å². The Labute approximate surface area is 123 Å². The van der Waals surface area contributed by atoms with Crippen molar-refractivity contribution < 1.29 is 14.7 Å². The van der Waals surface area contributed by atoms with Crippen molar-refractivity contribution >= 4 is 23.4 Å². The molecule has 0 aliphatic heterocycles. The van der Waals surface area contributed by atoms with Gasteiger partial charge in [0.05, 0.1) is 6.04 Å². The second kappa shape index (κ2) is 7.82. The second-order valence-electron chi connectivity index (χ2n) is 4.51. The van der Waals surface area contributed by atoms with Gasteiger partial charge in [0.2, 0.25) is 0 Å². The number of carboxylic acid groups (broad SMARTS) is 1. The maximum atomic E-state index is 12.4. The topological polar surface area (TPSA) is 66.4 Å². The summed E-state index contributed by atoms with van der Waals surface area (Å²) in [6.07, 6.45) is 1.81. The number of halogens is 1. The molecule has 0 fully saturated rings. The molecule has 0 spiro atoms. The van der Waals surface area contributed by atoms with E-state index in [2.05, 4.69) is 11.9 Å². The smallest absolute Gasteiger partial charge is 0.303 e. The van der Waals surface area contributed by atoms with Crippen molar-refractivity contribution in [2.75, 3.05) is 6.54 Å². The Morgan fingerprint density at radius 3 is 2.75 bits per heavy atom. The van der Waals surface area contributed by atoms with Crippen LogP contribution in [-0.4, -0.2) is 29.4 Å². The van der Waals surface area contributed by atoms with Crippen LogP contribution in [0.15, 0.2) is 30.9 Å². The van der Waals surface area contributed by atoms with E-state index in [0.717, 1.165) is 5.56 Å². The maximum absolute atomic E-state index is 12.4. The summed E-state index contributed by atoms with van der Waals surface area (Å²) < 4.78 is 0. The van der Waals surface area contributed by atoms with E-state index in [9.17, 15) is 9.59 Å². The number of nitrogens with one attached hydrogen (secondary N) is 1. The Morgan fingerprint density at radius 2 is 2.20 bits per heavy atom. The first-order valence-electron chi connectivity index (χ1n) is 6.32. The summed E-state index contributed by atoms with van der Waals surface area (Å²) in [5.74, 6) is -1.05. The van der Waals surface area contributed by atoms with Crippen LogP contribution in [0.2, 0.25) is 5.02 Å². The van der Waals surface area contributed by atoms with Crippen LogP contribution in [0.4, 0.5) is 0 Å². The quantitative estimate of drug-likeness (QED) is 0.572. The van der Waals surface area contributed by atoms with Crippen molar-refractivity contribution in [1.82, 2.24) is 5.32 Å². The predicted octanol–water partition coefficient (Wildman–Crippen LogP) is 2.84. The minimum atomic E-state index is -0.921. The van der Waals surface area contributed by atoms with E-state index in [-0.39, 0.29) is 18.6 Å². The van der Waals surface area contributed by atoms with Gasteiger partial charge in [0.15, 0.2) is 5.78 Å². The lowest BCUT2D eigenvalue weighted by atomic mass is 9.98. The molecule has 0 bridgehead atoms. The Balaban J connectivity index is 2.87. The summed E-state index contributed by atoms with van der Waals surface area (Å²) in [7, 11) is 0. The minimum Gasteiger partial charge on any atom is -0.481 e. The highest BCUT2D eigenvalue weighted by atomic mass is 35.5. The molecule has 1 rings (SSSR count). The molecule has 4 nitrogen and oxygen atoms in total. The number of hydrogen-bond acceptors (Lipinski definition) is 3. The van der Waals surface area contributed by atoms with E-state index in [1.807, 2.05) is 6.92 Å². The van der Waals surface area contributed by atoms with Crippen molar-refractivity contribution in [2.45, 2.75) is 25.8 Å². The van der Waals surface area contributed by atoms with Crippen LogP contribution in [0.3, 0.4) is 0 Å². The lowest BCUT2D eigenvalue weighted by Crippen LogP contribution is -2.37. The molecule has 0 aromatic heterocycles. The third kappa shape index (κ3) is 4.79. The van der Waals surface area contributed by atoms with Crippen LogP contribution >= 0.6 is 11.6 Å². The largest absolute Gasteiger partial charge is 0.481 e. The molecule has 1 atom stereocenters. The van der Waals surface area contributed by atoms with E-state index >= 15 is 0 Å². The van der Waals surface area contributed by atoms with Crippen molar-refractivity contribution in [3.63, 3.8) is 0 Å². The number of benzene rings is 1.